The van der Waals surface area contributed by atoms with E-state index in [9.17, 15) is 4.79 Å². The second-order valence-corrected chi connectivity index (χ2v) is 9.63. The van der Waals surface area contributed by atoms with Crippen LogP contribution in [0.3, 0.4) is 0 Å². The third kappa shape index (κ3) is 8.28. The Kier molecular flexibility index (Phi) is 11.0. The normalized spacial score (nSPS) is 16.9. The quantitative estimate of drug-likeness (QED) is 0.333. The number of hydrogen-bond acceptors (Lipinski definition) is 2. The zero-order valence-corrected chi connectivity index (χ0v) is 22.7. The van der Waals surface area contributed by atoms with Crippen LogP contribution in [-0.4, -0.2) is 18.6 Å². The highest BCUT2D eigenvalue weighted by atomic mass is 16.5. The summed E-state index contributed by atoms with van der Waals surface area (Å²) in [7, 11) is 0. The number of allylic oxidation sites excluding steroid dienone is 7. The summed E-state index contributed by atoms with van der Waals surface area (Å²) in [5.74, 6) is 1.22. The molecule has 1 aliphatic rings. The van der Waals surface area contributed by atoms with E-state index in [1.807, 2.05) is 45.0 Å². The number of nitrogens with one attached hydrogen (secondary N) is 1. The highest BCUT2D eigenvalue weighted by Crippen LogP contribution is 2.29. The molecule has 0 spiro atoms. The minimum Gasteiger partial charge on any atom is -0.493 e. The Morgan fingerprint density at radius 1 is 1.14 bits per heavy atom. The molecule has 2 atom stereocenters. The highest BCUT2D eigenvalue weighted by Gasteiger charge is 2.25. The lowest BCUT2D eigenvalue weighted by molar-refractivity contribution is -0.120. The monoisotopic (exact) mass is 473 g/mol. The molecule has 1 aromatic rings. The first kappa shape index (κ1) is 28.2. The molecular weight excluding hydrogens is 430 g/mol. The standard InChI is InChI=1S/C32H43NO2/c1-9-24(7)28(10-2)32(30-14-12-11-13-25(30)8)33-31(34)21-26-15-17-27(18-16-26)35-20-19-29(22(3)4)23(5)6/h9-12,14-18,25,32H,3,13,19-21H2,1-2,4-8H3,(H,33,34)/b24-9-,28-10+. The van der Waals surface area contributed by atoms with Gasteiger partial charge in [-0.1, -0.05) is 72.7 Å². The first-order chi connectivity index (χ1) is 16.7. The summed E-state index contributed by atoms with van der Waals surface area (Å²) in [5, 5.41) is 3.32. The summed E-state index contributed by atoms with van der Waals surface area (Å²) >= 11 is 0. The van der Waals surface area contributed by atoms with E-state index in [4.69, 9.17) is 4.74 Å². The zero-order chi connectivity index (χ0) is 26.0. The van der Waals surface area contributed by atoms with Crippen molar-refractivity contribution in [1.29, 1.82) is 0 Å². The van der Waals surface area contributed by atoms with Gasteiger partial charge in [0.05, 0.1) is 19.1 Å². The fourth-order valence-electron chi connectivity index (χ4n) is 4.53. The van der Waals surface area contributed by atoms with E-state index in [0.717, 1.165) is 35.3 Å². The molecule has 1 aliphatic carbocycles. The third-order valence-corrected chi connectivity index (χ3v) is 6.66. The molecule has 1 N–H and O–H groups in total. The number of hydrogen-bond donors (Lipinski definition) is 1. The van der Waals surface area contributed by atoms with Crippen LogP contribution in [0.2, 0.25) is 0 Å². The van der Waals surface area contributed by atoms with Crippen LogP contribution in [-0.2, 0) is 11.2 Å². The number of amides is 1. The van der Waals surface area contributed by atoms with Gasteiger partial charge in [-0.15, -0.1) is 0 Å². The molecule has 0 heterocycles. The lowest BCUT2D eigenvalue weighted by Gasteiger charge is -2.30. The molecule has 188 valence electrons. The van der Waals surface area contributed by atoms with Crippen molar-refractivity contribution < 1.29 is 9.53 Å². The maximum absolute atomic E-state index is 13.1. The van der Waals surface area contributed by atoms with Crippen LogP contribution in [0.25, 0.3) is 0 Å². The Labute approximate surface area is 213 Å². The van der Waals surface area contributed by atoms with Crippen LogP contribution >= 0.6 is 0 Å². The first-order valence-corrected chi connectivity index (χ1v) is 12.7. The molecule has 1 aromatic carbocycles. The largest absolute Gasteiger partial charge is 0.493 e. The number of benzene rings is 1. The predicted molar refractivity (Wildman–Crippen MR) is 150 cm³/mol. The molecule has 3 heteroatoms. The van der Waals surface area contributed by atoms with E-state index in [1.165, 1.54) is 22.3 Å². The van der Waals surface area contributed by atoms with Gasteiger partial charge in [0.25, 0.3) is 0 Å². The van der Waals surface area contributed by atoms with Crippen molar-refractivity contribution in [3.8, 4) is 5.75 Å². The van der Waals surface area contributed by atoms with Crippen LogP contribution in [0.1, 0.15) is 66.9 Å². The Bertz CT molecular complexity index is 1040. The van der Waals surface area contributed by atoms with Crippen molar-refractivity contribution in [1.82, 2.24) is 5.32 Å². The molecule has 0 aromatic heterocycles. The van der Waals surface area contributed by atoms with Gasteiger partial charge in [0.1, 0.15) is 5.75 Å². The van der Waals surface area contributed by atoms with Gasteiger partial charge < -0.3 is 10.1 Å². The Morgan fingerprint density at radius 2 is 1.83 bits per heavy atom. The molecule has 0 aliphatic heterocycles. The fraction of sp³-hybridized carbons (Fsp3) is 0.406. The average molecular weight is 474 g/mol. The number of carbonyl (C=O) groups excluding carboxylic acids is 1. The lowest BCUT2D eigenvalue weighted by Crippen LogP contribution is -2.40. The van der Waals surface area contributed by atoms with Crippen molar-refractivity contribution in [2.45, 2.75) is 73.8 Å². The summed E-state index contributed by atoms with van der Waals surface area (Å²) in [6, 6.07) is 7.72. The minimum atomic E-state index is -0.121. The topological polar surface area (TPSA) is 38.3 Å². The molecule has 3 nitrogen and oxygen atoms in total. The van der Waals surface area contributed by atoms with E-state index in [1.54, 1.807) is 0 Å². The van der Waals surface area contributed by atoms with Gasteiger partial charge in [0, 0.05) is 6.42 Å². The maximum atomic E-state index is 13.1. The van der Waals surface area contributed by atoms with Crippen LogP contribution in [0, 0.1) is 5.92 Å². The molecule has 0 radical (unpaired) electrons. The smallest absolute Gasteiger partial charge is 0.225 e. The van der Waals surface area contributed by atoms with Gasteiger partial charge in [-0.2, -0.15) is 0 Å². The van der Waals surface area contributed by atoms with Crippen molar-refractivity contribution >= 4 is 5.91 Å². The second kappa shape index (κ2) is 13.7. The first-order valence-electron chi connectivity index (χ1n) is 12.7. The summed E-state index contributed by atoms with van der Waals surface area (Å²) < 4.78 is 5.93. The van der Waals surface area contributed by atoms with E-state index in [0.29, 0.717) is 18.9 Å². The van der Waals surface area contributed by atoms with E-state index in [-0.39, 0.29) is 11.9 Å². The van der Waals surface area contributed by atoms with Crippen molar-refractivity contribution in [3.05, 3.63) is 100 Å². The summed E-state index contributed by atoms with van der Waals surface area (Å²) in [5.41, 5.74) is 8.20. The molecule has 0 bridgehead atoms. The zero-order valence-electron chi connectivity index (χ0n) is 22.7. The van der Waals surface area contributed by atoms with Gasteiger partial charge in [-0.3, -0.25) is 4.79 Å². The summed E-state index contributed by atoms with van der Waals surface area (Å²) in [6.45, 7) is 19.3. The molecule has 0 fully saturated rings. The van der Waals surface area contributed by atoms with Gasteiger partial charge >= 0.3 is 0 Å². The molecule has 2 unspecified atom stereocenters. The van der Waals surface area contributed by atoms with Crippen molar-refractivity contribution in [2.24, 2.45) is 5.92 Å². The molecule has 2 rings (SSSR count). The molecule has 0 saturated carbocycles. The van der Waals surface area contributed by atoms with Crippen molar-refractivity contribution in [2.75, 3.05) is 6.61 Å². The molecule has 0 saturated heterocycles. The van der Waals surface area contributed by atoms with E-state index in [2.05, 4.69) is 70.0 Å². The molecular formula is C32H43NO2. The van der Waals surface area contributed by atoms with E-state index >= 15 is 0 Å². The highest BCUT2D eigenvalue weighted by molar-refractivity contribution is 5.80. The van der Waals surface area contributed by atoms with E-state index < -0.39 is 0 Å². The number of rotatable bonds is 11. The average Bonchev–Trinajstić information content (AvgIpc) is 2.82. The maximum Gasteiger partial charge on any atom is 0.225 e. The van der Waals surface area contributed by atoms with Crippen LogP contribution in [0.5, 0.6) is 5.75 Å². The summed E-state index contributed by atoms with van der Waals surface area (Å²) in [6.07, 6.45) is 12.8. The Morgan fingerprint density at radius 3 is 2.37 bits per heavy atom. The number of carbonyl (C=O) groups is 1. The second-order valence-electron chi connectivity index (χ2n) is 9.63. The minimum absolute atomic E-state index is 0.0178. The Balaban J connectivity index is 2.06. The fourth-order valence-corrected chi connectivity index (χ4v) is 4.53. The van der Waals surface area contributed by atoms with Gasteiger partial charge in [-0.05, 0) is 88.3 Å². The van der Waals surface area contributed by atoms with Gasteiger partial charge in [-0.25, -0.2) is 0 Å². The van der Waals surface area contributed by atoms with Crippen LogP contribution in [0.4, 0.5) is 0 Å². The van der Waals surface area contributed by atoms with Gasteiger partial charge in [0.15, 0.2) is 0 Å². The lowest BCUT2D eigenvalue weighted by atomic mass is 9.82. The Hall–Kier alpha value is -3.07. The predicted octanol–water partition coefficient (Wildman–Crippen LogP) is 7.83. The van der Waals surface area contributed by atoms with Crippen LogP contribution < -0.4 is 10.1 Å². The third-order valence-electron chi connectivity index (χ3n) is 6.66. The van der Waals surface area contributed by atoms with Crippen LogP contribution in [0.15, 0.2) is 94.7 Å². The van der Waals surface area contributed by atoms with Crippen molar-refractivity contribution in [3.63, 3.8) is 0 Å². The SMILES string of the molecule is C=C(C)C(CCOc1ccc(CC(=O)NC(C2=CC=CCC2C)C(=C/C)/C(C)=C\C)cc1)=C(C)C. The molecule has 35 heavy (non-hydrogen) atoms. The molecule has 1 amide bonds. The summed E-state index contributed by atoms with van der Waals surface area (Å²) in [4.78, 5) is 13.1. The van der Waals surface area contributed by atoms with Gasteiger partial charge in [0.2, 0.25) is 5.91 Å². The number of ether oxygens (including phenoxy) is 1.